The molecule has 0 aliphatic heterocycles. The summed E-state index contributed by atoms with van der Waals surface area (Å²) in [6.45, 7) is 3.29. The Morgan fingerprint density at radius 3 is 2.67 bits per heavy atom. The van der Waals surface area contributed by atoms with Crippen LogP contribution in [0.3, 0.4) is 0 Å². The Bertz CT molecular complexity index is 440. The zero-order valence-electron chi connectivity index (χ0n) is 8.18. The predicted octanol–water partition coefficient (Wildman–Crippen LogP) is 0.643. The van der Waals surface area contributed by atoms with Crippen LogP contribution < -0.4 is 4.72 Å². The number of nitrogens with one attached hydrogen (secondary N) is 1. The highest BCUT2D eigenvalue weighted by atomic mass is 32.2. The van der Waals surface area contributed by atoms with Gasteiger partial charge in [-0.2, -0.15) is 0 Å². The van der Waals surface area contributed by atoms with E-state index >= 15 is 0 Å². The Morgan fingerprint density at radius 1 is 1.40 bits per heavy atom. The summed E-state index contributed by atoms with van der Waals surface area (Å²) in [6, 6.07) is 6.32. The minimum Gasteiger partial charge on any atom is -0.392 e. The Labute approximate surface area is 89.3 Å². The number of aliphatic hydroxyl groups is 1. The maximum Gasteiger partial charge on any atom is 0.241 e. The lowest BCUT2D eigenvalue weighted by Gasteiger charge is -2.08. The minimum absolute atomic E-state index is 0.106. The number of benzene rings is 1. The van der Waals surface area contributed by atoms with Gasteiger partial charge in [-0.15, -0.1) is 6.58 Å². The fourth-order valence-corrected chi connectivity index (χ4v) is 2.37. The Morgan fingerprint density at radius 2 is 2.07 bits per heavy atom. The van der Waals surface area contributed by atoms with Gasteiger partial charge in [0.15, 0.2) is 0 Å². The molecule has 82 valence electrons. The number of hydrogen-bond donors (Lipinski definition) is 2. The lowest BCUT2D eigenvalue weighted by molar-refractivity contribution is 0.278. The molecule has 0 saturated heterocycles. The first-order valence-electron chi connectivity index (χ1n) is 4.41. The molecular weight excluding hydrogens is 214 g/mol. The van der Waals surface area contributed by atoms with Crippen molar-refractivity contribution in [3.63, 3.8) is 0 Å². The van der Waals surface area contributed by atoms with E-state index in [1.54, 1.807) is 18.2 Å². The van der Waals surface area contributed by atoms with Crippen molar-refractivity contribution >= 4 is 10.0 Å². The molecular formula is C10H13NO3S. The quantitative estimate of drug-likeness (QED) is 0.726. The van der Waals surface area contributed by atoms with Crippen LogP contribution >= 0.6 is 0 Å². The number of hydrogen-bond acceptors (Lipinski definition) is 3. The number of rotatable bonds is 5. The molecule has 0 spiro atoms. The molecule has 0 aliphatic carbocycles. The van der Waals surface area contributed by atoms with Crippen molar-refractivity contribution in [2.24, 2.45) is 0 Å². The van der Waals surface area contributed by atoms with Crippen molar-refractivity contribution in [1.82, 2.24) is 4.72 Å². The van der Waals surface area contributed by atoms with E-state index in [-0.39, 0.29) is 18.0 Å². The second kappa shape index (κ2) is 5.06. The molecule has 0 heterocycles. The van der Waals surface area contributed by atoms with E-state index in [1.807, 2.05) is 0 Å². The molecule has 1 rings (SSSR count). The molecule has 1 aromatic rings. The minimum atomic E-state index is -3.55. The van der Waals surface area contributed by atoms with E-state index in [9.17, 15) is 8.42 Å². The predicted molar refractivity (Wildman–Crippen MR) is 57.8 cm³/mol. The lowest BCUT2D eigenvalue weighted by Crippen LogP contribution is -2.24. The third kappa shape index (κ3) is 2.89. The van der Waals surface area contributed by atoms with Gasteiger partial charge in [0, 0.05) is 6.54 Å². The van der Waals surface area contributed by atoms with Crippen molar-refractivity contribution in [1.29, 1.82) is 0 Å². The van der Waals surface area contributed by atoms with Crippen LogP contribution in [0.5, 0.6) is 0 Å². The van der Waals surface area contributed by atoms with E-state index < -0.39 is 10.0 Å². The fourth-order valence-electron chi connectivity index (χ4n) is 1.14. The lowest BCUT2D eigenvalue weighted by atomic mass is 10.2. The monoisotopic (exact) mass is 227 g/mol. The van der Waals surface area contributed by atoms with Crippen LogP contribution in [0, 0.1) is 0 Å². The molecule has 5 heteroatoms. The molecule has 4 nitrogen and oxygen atoms in total. The Hall–Kier alpha value is -1.17. The average Bonchev–Trinajstić information content (AvgIpc) is 2.26. The third-order valence-electron chi connectivity index (χ3n) is 1.85. The van der Waals surface area contributed by atoms with Crippen LogP contribution in [0.1, 0.15) is 5.56 Å². The normalized spacial score (nSPS) is 11.3. The smallest absolute Gasteiger partial charge is 0.241 e. The van der Waals surface area contributed by atoms with Crippen LogP contribution in [0.2, 0.25) is 0 Å². The molecule has 0 aromatic heterocycles. The van der Waals surface area contributed by atoms with Crippen LogP contribution in [0.4, 0.5) is 0 Å². The highest BCUT2D eigenvalue weighted by Gasteiger charge is 2.15. The molecule has 2 N–H and O–H groups in total. The molecule has 0 saturated carbocycles. The van der Waals surface area contributed by atoms with Crippen molar-refractivity contribution in [2.75, 3.05) is 6.54 Å². The van der Waals surface area contributed by atoms with Gasteiger partial charge in [0.05, 0.1) is 11.5 Å². The summed E-state index contributed by atoms with van der Waals surface area (Å²) >= 11 is 0. The fraction of sp³-hybridized carbons (Fsp3) is 0.200. The summed E-state index contributed by atoms with van der Waals surface area (Å²) in [7, 11) is -3.55. The first-order chi connectivity index (χ1) is 7.11. The highest BCUT2D eigenvalue weighted by Crippen LogP contribution is 2.14. The van der Waals surface area contributed by atoms with E-state index in [4.69, 9.17) is 5.11 Å². The second-order valence-corrected chi connectivity index (χ2v) is 4.64. The topological polar surface area (TPSA) is 66.4 Å². The second-order valence-electron chi connectivity index (χ2n) is 2.91. The van der Waals surface area contributed by atoms with Crippen molar-refractivity contribution in [3.05, 3.63) is 42.5 Å². The molecule has 0 atom stereocenters. The van der Waals surface area contributed by atoms with Gasteiger partial charge in [0.2, 0.25) is 10.0 Å². The summed E-state index contributed by atoms with van der Waals surface area (Å²) in [5.74, 6) is 0. The van der Waals surface area contributed by atoms with Gasteiger partial charge >= 0.3 is 0 Å². The average molecular weight is 227 g/mol. The molecule has 1 aromatic carbocycles. The van der Waals surface area contributed by atoms with Crippen LogP contribution in [-0.4, -0.2) is 20.1 Å². The van der Waals surface area contributed by atoms with Crippen molar-refractivity contribution in [3.8, 4) is 0 Å². The summed E-state index contributed by atoms with van der Waals surface area (Å²) in [5, 5.41) is 8.99. The van der Waals surface area contributed by atoms with Crippen molar-refractivity contribution < 1.29 is 13.5 Å². The maximum absolute atomic E-state index is 11.7. The first-order valence-corrected chi connectivity index (χ1v) is 5.89. The SMILES string of the molecule is C=CCNS(=O)(=O)c1ccccc1CO. The zero-order chi connectivity index (χ0) is 11.3. The Kier molecular flexibility index (Phi) is 4.02. The molecule has 0 unspecified atom stereocenters. The standard InChI is InChI=1S/C10H13NO3S/c1-2-7-11-15(13,14)10-6-4-3-5-9(10)8-12/h2-6,11-12H,1,7-8H2. The zero-order valence-corrected chi connectivity index (χ0v) is 9.00. The first kappa shape index (κ1) is 11.9. The Balaban J connectivity index is 3.09. The summed E-state index contributed by atoms with van der Waals surface area (Å²) < 4.78 is 25.7. The van der Waals surface area contributed by atoms with E-state index in [2.05, 4.69) is 11.3 Å². The van der Waals surface area contributed by atoms with Crippen LogP contribution in [-0.2, 0) is 16.6 Å². The van der Waals surface area contributed by atoms with E-state index in [0.29, 0.717) is 5.56 Å². The van der Waals surface area contributed by atoms with Gasteiger partial charge in [-0.05, 0) is 11.6 Å². The van der Waals surface area contributed by atoms with E-state index in [0.717, 1.165) is 0 Å². The maximum atomic E-state index is 11.7. The molecule has 0 fully saturated rings. The summed E-state index contributed by atoms with van der Waals surface area (Å²) in [4.78, 5) is 0.106. The molecule has 0 bridgehead atoms. The van der Waals surface area contributed by atoms with Crippen LogP contribution in [0.15, 0.2) is 41.8 Å². The molecule has 15 heavy (non-hydrogen) atoms. The van der Waals surface area contributed by atoms with Crippen molar-refractivity contribution in [2.45, 2.75) is 11.5 Å². The van der Waals surface area contributed by atoms with Gasteiger partial charge in [-0.3, -0.25) is 0 Å². The van der Waals surface area contributed by atoms with Gasteiger partial charge in [-0.25, -0.2) is 13.1 Å². The number of aliphatic hydroxyl groups excluding tert-OH is 1. The summed E-state index contributed by atoms with van der Waals surface area (Å²) in [6.07, 6.45) is 1.46. The summed E-state index contributed by atoms with van der Waals surface area (Å²) in [5.41, 5.74) is 0.383. The van der Waals surface area contributed by atoms with Gasteiger partial charge < -0.3 is 5.11 Å². The molecule has 0 radical (unpaired) electrons. The third-order valence-corrected chi connectivity index (χ3v) is 3.37. The van der Waals surface area contributed by atoms with E-state index in [1.165, 1.54) is 12.1 Å². The van der Waals surface area contributed by atoms with Gasteiger partial charge in [0.25, 0.3) is 0 Å². The molecule has 0 aliphatic rings. The van der Waals surface area contributed by atoms with Gasteiger partial charge in [-0.1, -0.05) is 24.3 Å². The molecule has 0 amide bonds. The largest absolute Gasteiger partial charge is 0.392 e. The highest BCUT2D eigenvalue weighted by molar-refractivity contribution is 7.89. The van der Waals surface area contributed by atoms with Gasteiger partial charge in [0.1, 0.15) is 0 Å². The van der Waals surface area contributed by atoms with Crippen LogP contribution in [0.25, 0.3) is 0 Å². The number of sulfonamides is 1.